The maximum atomic E-state index is 13.6. The lowest BCUT2D eigenvalue weighted by atomic mass is 9.94. The number of rotatable bonds is 4. The van der Waals surface area contributed by atoms with Gasteiger partial charge in [0, 0.05) is 68.5 Å². The molecule has 0 aliphatic carbocycles. The molecule has 3 aliphatic heterocycles. The van der Waals surface area contributed by atoms with Crippen LogP contribution >= 0.6 is 11.6 Å². The molecule has 1 N–H and O–H groups in total. The predicted octanol–water partition coefficient (Wildman–Crippen LogP) is 5.04. The zero-order valence-corrected chi connectivity index (χ0v) is 24.4. The fourth-order valence-corrected chi connectivity index (χ4v) is 6.16. The smallest absolute Gasteiger partial charge is 0.369 e. The van der Waals surface area contributed by atoms with Crippen LogP contribution in [0, 0.1) is 0 Å². The monoisotopic (exact) mass is 614 g/mol. The summed E-state index contributed by atoms with van der Waals surface area (Å²) >= 11 is 6.31. The van der Waals surface area contributed by atoms with Gasteiger partial charge in [0.15, 0.2) is 0 Å². The number of likely N-dealkylation sites (N-methyl/N-ethyl adjacent to an activating group) is 1. The van der Waals surface area contributed by atoms with Crippen molar-refractivity contribution < 1.29 is 22.8 Å². The van der Waals surface area contributed by atoms with E-state index < -0.39 is 18.1 Å². The van der Waals surface area contributed by atoms with E-state index in [1.165, 1.54) is 11.0 Å². The van der Waals surface area contributed by atoms with E-state index in [4.69, 9.17) is 11.6 Å². The van der Waals surface area contributed by atoms with Crippen LogP contribution in [0.2, 0.25) is 5.02 Å². The van der Waals surface area contributed by atoms with Crippen molar-refractivity contribution in [3.05, 3.63) is 64.8 Å². The van der Waals surface area contributed by atoms with Crippen molar-refractivity contribution >= 4 is 52.4 Å². The molecule has 3 aliphatic rings. The maximum Gasteiger partial charge on any atom is 0.471 e. The Balaban J connectivity index is 1.21. The van der Waals surface area contributed by atoms with E-state index in [0.717, 1.165) is 37.6 Å². The Bertz CT molecular complexity index is 1550. The third kappa shape index (κ3) is 5.54. The van der Waals surface area contributed by atoms with Crippen molar-refractivity contribution in [2.75, 3.05) is 66.8 Å². The molecule has 0 spiro atoms. The molecule has 0 saturated carbocycles. The van der Waals surface area contributed by atoms with Gasteiger partial charge in [0.2, 0.25) is 5.95 Å². The molecule has 14 heteroatoms. The minimum atomic E-state index is -5.06. The lowest BCUT2D eigenvalue weighted by Crippen LogP contribution is -2.51. The summed E-state index contributed by atoms with van der Waals surface area (Å²) in [4.78, 5) is 43.1. The molecule has 0 radical (unpaired) electrons. The topological polar surface area (TPSA) is 88.1 Å². The van der Waals surface area contributed by atoms with E-state index in [0.29, 0.717) is 27.8 Å². The number of hydrogen-bond acceptors (Lipinski definition) is 7. The number of carbonyl (C=O) groups is 2. The van der Waals surface area contributed by atoms with Crippen LogP contribution in [0.15, 0.2) is 48.7 Å². The molecule has 1 unspecified atom stereocenters. The molecule has 2 aromatic carbocycles. The molecule has 3 amide bonds. The van der Waals surface area contributed by atoms with Gasteiger partial charge in [-0.05, 0) is 43.8 Å². The molecule has 10 nitrogen and oxygen atoms in total. The highest BCUT2D eigenvalue weighted by molar-refractivity contribution is 6.34. The number of para-hydroxylation sites is 1. The van der Waals surface area contributed by atoms with Crippen LogP contribution in [0.25, 0.3) is 0 Å². The van der Waals surface area contributed by atoms with Gasteiger partial charge in [0.1, 0.15) is 5.82 Å². The summed E-state index contributed by atoms with van der Waals surface area (Å²) < 4.78 is 40.0. The summed E-state index contributed by atoms with van der Waals surface area (Å²) in [6, 6.07) is 11.7. The first-order valence-corrected chi connectivity index (χ1v) is 14.3. The van der Waals surface area contributed by atoms with Crippen molar-refractivity contribution in [1.82, 2.24) is 19.8 Å². The van der Waals surface area contributed by atoms with Crippen molar-refractivity contribution in [3.8, 4) is 0 Å². The van der Waals surface area contributed by atoms with Gasteiger partial charge >= 0.3 is 18.1 Å². The zero-order chi connectivity index (χ0) is 30.5. The molecular formula is C29H30ClF3N8O2. The number of amides is 3. The van der Waals surface area contributed by atoms with E-state index in [9.17, 15) is 22.8 Å². The van der Waals surface area contributed by atoms with Crippen molar-refractivity contribution in [1.29, 1.82) is 0 Å². The normalized spacial score (nSPS) is 19.3. The number of alkyl halides is 3. The van der Waals surface area contributed by atoms with Gasteiger partial charge in [-0.15, -0.1) is 0 Å². The molecule has 3 aromatic rings. The van der Waals surface area contributed by atoms with E-state index in [2.05, 4.69) is 44.3 Å². The average molecular weight is 615 g/mol. The maximum absolute atomic E-state index is 13.6. The number of nitrogens with zero attached hydrogens (tertiary/aromatic N) is 7. The van der Waals surface area contributed by atoms with Gasteiger partial charge in [0.05, 0.1) is 23.3 Å². The Morgan fingerprint density at radius 2 is 1.74 bits per heavy atom. The van der Waals surface area contributed by atoms with Crippen molar-refractivity contribution in [2.45, 2.75) is 25.2 Å². The molecule has 1 saturated heterocycles. The van der Waals surface area contributed by atoms with E-state index >= 15 is 0 Å². The molecule has 1 fully saturated rings. The summed E-state index contributed by atoms with van der Waals surface area (Å²) in [7, 11) is 3.71. The number of nitrogens with one attached hydrogen (secondary N) is 1. The number of piperazine rings is 1. The number of hydrogen-bond donors (Lipinski definition) is 1. The molecule has 6 rings (SSSR count). The van der Waals surface area contributed by atoms with Crippen LogP contribution in [0.4, 0.5) is 46.8 Å². The largest absolute Gasteiger partial charge is 0.471 e. The van der Waals surface area contributed by atoms with Gasteiger partial charge in [-0.1, -0.05) is 23.7 Å². The summed E-state index contributed by atoms with van der Waals surface area (Å²) in [5, 5.41) is 3.21. The minimum Gasteiger partial charge on any atom is -0.369 e. The molecule has 4 heterocycles. The summed E-state index contributed by atoms with van der Waals surface area (Å²) in [6.45, 7) is 3.87. The van der Waals surface area contributed by atoms with Crippen LogP contribution < -0.4 is 20.0 Å². The van der Waals surface area contributed by atoms with Crippen LogP contribution in [0.3, 0.4) is 0 Å². The van der Waals surface area contributed by atoms with E-state index in [1.54, 1.807) is 30.3 Å². The van der Waals surface area contributed by atoms with E-state index in [-0.39, 0.29) is 36.3 Å². The minimum absolute atomic E-state index is 0.00799. The number of fused-ring (bicyclic) bond motifs is 2. The van der Waals surface area contributed by atoms with Gasteiger partial charge in [-0.3, -0.25) is 9.69 Å². The lowest BCUT2D eigenvalue weighted by molar-refractivity contribution is -0.170. The fourth-order valence-electron chi connectivity index (χ4n) is 5.87. The summed E-state index contributed by atoms with van der Waals surface area (Å²) in [5.74, 6) is -1.23. The van der Waals surface area contributed by atoms with Crippen LogP contribution in [0.1, 0.15) is 23.6 Å². The molecule has 43 heavy (non-hydrogen) atoms. The molecule has 226 valence electrons. The van der Waals surface area contributed by atoms with Gasteiger partial charge in [-0.2, -0.15) is 18.2 Å². The van der Waals surface area contributed by atoms with Crippen LogP contribution in [-0.2, 0) is 11.3 Å². The highest BCUT2D eigenvalue weighted by Crippen LogP contribution is 2.45. The highest BCUT2D eigenvalue weighted by Gasteiger charge is 2.47. The molecule has 0 bridgehead atoms. The second-order valence-electron chi connectivity index (χ2n) is 10.9. The van der Waals surface area contributed by atoms with Crippen LogP contribution in [0.5, 0.6) is 0 Å². The Morgan fingerprint density at radius 1 is 1.02 bits per heavy atom. The number of benzene rings is 2. The molecular weight excluding hydrogens is 585 g/mol. The number of anilines is 5. The second-order valence-corrected chi connectivity index (χ2v) is 11.3. The molecule has 1 atom stereocenters. The van der Waals surface area contributed by atoms with Gasteiger partial charge in [-0.25, -0.2) is 9.78 Å². The third-order valence-corrected chi connectivity index (χ3v) is 8.47. The number of carbonyl (C=O) groups excluding carboxylic acids is 2. The standard InChI is InChI=1S/C29H30ClF3N8O2/c1-37-12-14-39(15-13-37)20-8-6-19(7-9-20)35-27-34-16-18-17-41(28(43)38(2)25(18)36-27)23-10-11-40(26(42)29(31,32)33)24-21(23)4-3-5-22(24)30/h3-9,16,23H,10-15,17H2,1-2H3,(H,34,35,36). The first-order valence-electron chi connectivity index (χ1n) is 13.9. The zero-order valence-electron chi connectivity index (χ0n) is 23.6. The first kappa shape index (κ1) is 29.0. The third-order valence-electron chi connectivity index (χ3n) is 8.16. The SMILES string of the molecule is CN1CCN(c2ccc(Nc3ncc4c(n3)N(C)C(=O)N(C3CCN(C(=O)C(F)(F)F)c5c(Cl)cccc53)C4)cc2)CC1. The fraction of sp³-hybridized carbons (Fsp3) is 0.379. The Kier molecular flexibility index (Phi) is 7.55. The Morgan fingerprint density at radius 3 is 2.44 bits per heavy atom. The Labute approximate surface area is 251 Å². The molecule has 1 aromatic heterocycles. The van der Waals surface area contributed by atoms with Crippen molar-refractivity contribution in [2.24, 2.45) is 0 Å². The van der Waals surface area contributed by atoms with Crippen LogP contribution in [-0.4, -0.2) is 84.7 Å². The highest BCUT2D eigenvalue weighted by atomic mass is 35.5. The first-order chi connectivity index (χ1) is 20.5. The lowest BCUT2D eigenvalue weighted by Gasteiger charge is -2.43. The Hall–Kier alpha value is -4.10. The quantitative estimate of drug-likeness (QED) is 0.441. The predicted molar refractivity (Wildman–Crippen MR) is 158 cm³/mol. The summed E-state index contributed by atoms with van der Waals surface area (Å²) in [6.07, 6.45) is -3.31. The van der Waals surface area contributed by atoms with Gasteiger partial charge < -0.3 is 24.9 Å². The number of halogens is 4. The van der Waals surface area contributed by atoms with E-state index in [1.807, 2.05) is 12.1 Å². The van der Waals surface area contributed by atoms with Gasteiger partial charge in [0.25, 0.3) is 0 Å². The summed E-state index contributed by atoms with van der Waals surface area (Å²) in [5.41, 5.74) is 2.97. The van der Waals surface area contributed by atoms with Crippen molar-refractivity contribution in [3.63, 3.8) is 0 Å². The number of urea groups is 1. The second kappa shape index (κ2) is 11.2. The average Bonchev–Trinajstić information content (AvgIpc) is 2.99. The number of aromatic nitrogens is 2.